The van der Waals surface area contributed by atoms with Gasteiger partial charge in [0.25, 0.3) is 0 Å². The fourth-order valence-electron chi connectivity index (χ4n) is 2.19. The standard InChI is InChI=1S/C16H12O3/c1-10-5-4-6-11(9-10)14-15(17)12-7-2-3-8-13(12)19-16(14)18/h2-9,17H,1H3. The third-order valence-electron chi connectivity index (χ3n) is 3.09. The zero-order chi connectivity index (χ0) is 13.4. The second-order valence-electron chi connectivity index (χ2n) is 4.48. The molecule has 0 fully saturated rings. The van der Waals surface area contributed by atoms with Crippen LogP contribution in [0.3, 0.4) is 0 Å². The fourth-order valence-corrected chi connectivity index (χ4v) is 2.19. The summed E-state index contributed by atoms with van der Waals surface area (Å²) in [5.41, 5.74) is 1.76. The zero-order valence-electron chi connectivity index (χ0n) is 10.4. The normalized spacial score (nSPS) is 10.8. The molecule has 3 nitrogen and oxygen atoms in total. The van der Waals surface area contributed by atoms with Crippen molar-refractivity contribution in [2.45, 2.75) is 6.92 Å². The maximum absolute atomic E-state index is 12.0. The molecule has 0 amide bonds. The smallest absolute Gasteiger partial charge is 0.347 e. The minimum absolute atomic E-state index is 0.0301. The summed E-state index contributed by atoms with van der Waals surface area (Å²) >= 11 is 0. The maximum Gasteiger partial charge on any atom is 0.347 e. The van der Waals surface area contributed by atoms with E-state index in [1.165, 1.54) is 0 Å². The first-order valence-electron chi connectivity index (χ1n) is 5.98. The first kappa shape index (κ1) is 11.5. The average Bonchev–Trinajstić information content (AvgIpc) is 2.39. The number of hydrogen-bond donors (Lipinski definition) is 1. The molecule has 19 heavy (non-hydrogen) atoms. The van der Waals surface area contributed by atoms with E-state index in [1.807, 2.05) is 25.1 Å². The van der Waals surface area contributed by atoms with Crippen LogP contribution in [0.2, 0.25) is 0 Å². The largest absolute Gasteiger partial charge is 0.506 e. The Morgan fingerprint density at radius 1 is 1.05 bits per heavy atom. The van der Waals surface area contributed by atoms with Gasteiger partial charge in [-0.2, -0.15) is 0 Å². The van der Waals surface area contributed by atoms with E-state index < -0.39 is 5.63 Å². The molecule has 0 unspecified atom stereocenters. The van der Waals surface area contributed by atoms with Crippen LogP contribution in [0, 0.1) is 6.92 Å². The van der Waals surface area contributed by atoms with E-state index in [-0.39, 0.29) is 11.3 Å². The summed E-state index contributed by atoms with van der Waals surface area (Å²) in [6, 6.07) is 14.4. The highest BCUT2D eigenvalue weighted by atomic mass is 16.4. The highest BCUT2D eigenvalue weighted by Crippen LogP contribution is 2.32. The average molecular weight is 252 g/mol. The minimum Gasteiger partial charge on any atom is -0.506 e. The summed E-state index contributed by atoms with van der Waals surface area (Å²) in [6.07, 6.45) is 0. The highest BCUT2D eigenvalue weighted by molar-refractivity contribution is 5.90. The number of fused-ring (bicyclic) bond motifs is 1. The summed E-state index contributed by atoms with van der Waals surface area (Å²) in [5.74, 6) is -0.0301. The molecule has 0 aliphatic heterocycles. The monoisotopic (exact) mass is 252 g/mol. The van der Waals surface area contributed by atoms with Gasteiger partial charge in [0.05, 0.1) is 5.39 Å². The molecule has 1 aromatic heterocycles. The Kier molecular flexibility index (Phi) is 2.60. The quantitative estimate of drug-likeness (QED) is 0.674. The molecule has 1 N–H and O–H groups in total. The molecule has 0 spiro atoms. The lowest BCUT2D eigenvalue weighted by molar-refractivity contribution is 0.471. The minimum atomic E-state index is -0.526. The van der Waals surface area contributed by atoms with Crippen LogP contribution in [0.25, 0.3) is 22.1 Å². The van der Waals surface area contributed by atoms with Gasteiger partial charge in [0.1, 0.15) is 16.9 Å². The lowest BCUT2D eigenvalue weighted by Crippen LogP contribution is -2.03. The van der Waals surface area contributed by atoms with Crippen LogP contribution >= 0.6 is 0 Å². The van der Waals surface area contributed by atoms with E-state index in [2.05, 4.69) is 0 Å². The molecule has 3 rings (SSSR count). The Labute approximate surface area is 109 Å². The van der Waals surface area contributed by atoms with Crippen LogP contribution in [-0.4, -0.2) is 5.11 Å². The van der Waals surface area contributed by atoms with E-state index in [9.17, 15) is 9.90 Å². The molecule has 2 aromatic carbocycles. The van der Waals surface area contributed by atoms with Crippen molar-refractivity contribution in [3.63, 3.8) is 0 Å². The predicted octanol–water partition coefficient (Wildman–Crippen LogP) is 3.47. The molecule has 3 aromatic rings. The molecule has 1 heterocycles. The van der Waals surface area contributed by atoms with E-state index in [0.29, 0.717) is 16.5 Å². The SMILES string of the molecule is Cc1cccc(-c2c(O)c3ccccc3oc2=O)c1. The number of rotatable bonds is 1. The first-order valence-corrected chi connectivity index (χ1v) is 5.98. The van der Waals surface area contributed by atoms with Crippen molar-refractivity contribution in [2.75, 3.05) is 0 Å². The number of aromatic hydroxyl groups is 1. The predicted molar refractivity (Wildman–Crippen MR) is 74.3 cm³/mol. The second kappa shape index (κ2) is 4.28. The molecule has 0 saturated carbocycles. The van der Waals surface area contributed by atoms with Crippen LogP contribution in [-0.2, 0) is 0 Å². The van der Waals surface area contributed by atoms with Gasteiger partial charge >= 0.3 is 5.63 Å². The van der Waals surface area contributed by atoms with Crippen LogP contribution in [0.5, 0.6) is 5.75 Å². The van der Waals surface area contributed by atoms with Gasteiger partial charge in [-0.25, -0.2) is 4.79 Å². The third-order valence-corrected chi connectivity index (χ3v) is 3.09. The van der Waals surface area contributed by atoms with Crippen LogP contribution in [0.1, 0.15) is 5.56 Å². The van der Waals surface area contributed by atoms with Crippen molar-refractivity contribution < 1.29 is 9.52 Å². The Balaban J connectivity index is 2.39. The summed E-state index contributed by atoms with van der Waals surface area (Å²) in [7, 11) is 0. The van der Waals surface area contributed by atoms with Gasteiger partial charge in [0.2, 0.25) is 0 Å². The van der Waals surface area contributed by atoms with Crippen LogP contribution in [0.4, 0.5) is 0 Å². The van der Waals surface area contributed by atoms with Crippen LogP contribution < -0.4 is 5.63 Å². The van der Waals surface area contributed by atoms with Crippen molar-refractivity contribution in [1.82, 2.24) is 0 Å². The number of benzene rings is 2. The molecule has 94 valence electrons. The van der Waals surface area contributed by atoms with Gasteiger partial charge in [0.15, 0.2) is 0 Å². The molecule has 0 radical (unpaired) electrons. The van der Waals surface area contributed by atoms with Crippen molar-refractivity contribution in [2.24, 2.45) is 0 Å². The van der Waals surface area contributed by atoms with Gasteiger partial charge in [-0.05, 0) is 24.6 Å². The number of para-hydroxylation sites is 1. The lowest BCUT2D eigenvalue weighted by atomic mass is 10.0. The number of aryl methyl sites for hydroxylation is 1. The third kappa shape index (κ3) is 1.89. The molecule has 0 aliphatic rings. The molecule has 0 saturated heterocycles. The van der Waals surface area contributed by atoms with Crippen molar-refractivity contribution in [3.05, 3.63) is 64.5 Å². The molecule has 3 heteroatoms. The van der Waals surface area contributed by atoms with E-state index in [4.69, 9.17) is 4.42 Å². The highest BCUT2D eigenvalue weighted by Gasteiger charge is 2.15. The van der Waals surface area contributed by atoms with E-state index in [0.717, 1.165) is 5.56 Å². The fraction of sp³-hybridized carbons (Fsp3) is 0.0625. The number of hydrogen-bond acceptors (Lipinski definition) is 3. The molecule has 0 bridgehead atoms. The van der Waals surface area contributed by atoms with Gasteiger partial charge in [-0.15, -0.1) is 0 Å². The van der Waals surface area contributed by atoms with Crippen molar-refractivity contribution in [1.29, 1.82) is 0 Å². The van der Waals surface area contributed by atoms with E-state index in [1.54, 1.807) is 30.3 Å². The molecular formula is C16H12O3. The summed E-state index contributed by atoms with van der Waals surface area (Å²) in [4.78, 5) is 12.0. The lowest BCUT2D eigenvalue weighted by Gasteiger charge is -2.06. The van der Waals surface area contributed by atoms with Gasteiger partial charge in [0, 0.05) is 0 Å². The molecule has 0 aliphatic carbocycles. The van der Waals surface area contributed by atoms with Crippen LogP contribution in [0.15, 0.2) is 57.7 Å². The second-order valence-corrected chi connectivity index (χ2v) is 4.48. The van der Waals surface area contributed by atoms with Gasteiger partial charge < -0.3 is 9.52 Å². The van der Waals surface area contributed by atoms with Gasteiger partial charge in [-0.1, -0.05) is 42.0 Å². The Morgan fingerprint density at radius 3 is 2.63 bits per heavy atom. The summed E-state index contributed by atoms with van der Waals surface area (Å²) in [6.45, 7) is 1.93. The van der Waals surface area contributed by atoms with E-state index >= 15 is 0 Å². The molecular weight excluding hydrogens is 240 g/mol. The maximum atomic E-state index is 12.0. The first-order chi connectivity index (χ1) is 9.16. The van der Waals surface area contributed by atoms with Crippen molar-refractivity contribution in [3.8, 4) is 16.9 Å². The van der Waals surface area contributed by atoms with Crippen molar-refractivity contribution >= 4 is 11.0 Å². The topological polar surface area (TPSA) is 50.4 Å². The van der Waals surface area contributed by atoms with Gasteiger partial charge in [-0.3, -0.25) is 0 Å². The zero-order valence-corrected chi connectivity index (χ0v) is 10.4. The summed E-state index contributed by atoms with van der Waals surface area (Å²) < 4.78 is 5.25. The Morgan fingerprint density at radius 2 is 1.84 bits per heavy atom. The Hall–Kier alpha value is -2.55. The molecule has 0 atom stereocenters. The Bertz CT molecular complexity index is 816. The summed E-state index contributed by atoms with van der Waals surface area (Å²) in [5, 5.41) is 10.9.